The predicted molar refractivity (Wildman–Crippen MR) is 115 cm³/mol. The summed E-state index contributed by atoms with van der Waals surface area (Å²) in [6.45, 7) is 1.20. The first kappa shape index (κ1) is 20.7. The molecule has 7 nitrogen and oxygen atoms in total. The van der Waals surface area contributed by atoms with Crippen molar-refractivity contribution in [3.63, 3.8) is 0 Å². The lowest BCUT2D eigenvalue weighted by Crippen LogP contribution is -2.62. The number of benzene rings is 1. The molecular weight excluding hydrogens is 392 g/mol. The zero-order valence-corrected chi connectivity index (χ0v) is 17.1. The van der Waals surface area contributed by atoms with Crippen LogP contribution in [0.25, 0.3) is 0 Å². The molecule has 1 saturated heterocycles. The molecule has 1 N–H and O–H groups in total. The van der Waals surface area contributed by atoms with E-state index in [4.69, 9.17) is 4.74 Å². The summed E-state index contributed by atoms with van der Waals surface area (Å²) >= 11 is 0. The number of nitrogens with one attached hydrogen (secondary N) is 1. The largest absolute Gasteiger partial charge is 0.361 e. The maximum atomic E-state index is 13.4. The lowest BCUT2D eigenvalue weighted by atomic mass is 9.93. The summed E-state index contributed by atoms with van der Waals surface area (Å²) in [7, 11) is 0. The summed E-state index contributed by atoms with van der Waals surface area (Å²) in [6, 6.07) is 18.6. The van der Waals surface area contributed by atoms with Crippen LogP contribution < -0.4 is 5.32 Å². The molecule has 31 heavy (non-hydrogen) atoms. The fourth-order valence-electron chi connectivity index (χ4n) is 3.69. The second kappa shape index (κ2) is 9.49. The van der Waals surface area contributed by atoms with Gasteiger partial charge in [-0.1, -0.05) is 36.4 Å². The highest BCUT2D eigenvalue weighted by Crippen LogP contribution is 2.25. The highest BCUT2D eigenvalue weighted by Gasteiger charge is 2.45. The molecule has 1 aliphatic heterocycles. The standard InChI is InChI=1S/C24H24N4O3/c29-22(20-9-12-25-13-10-20)28-14-15-31-24(18-28,16-21-8-4-5-11-26-21)23(30)27-17-19-6-2-1-3-7-19/h1-13H,14-18H2,(H,27,30)/t24-/m1/s1. The number of nitrogens with zero attached hydrogens (tertiary/aromatic N) is 3. The number of carbonyl (C=O) groups excluding carboxylic acids is 2. The van der Waals surface area contributed by atoms with Crippen molar-refractivity contribution in [2.75, 3.05) is 19.7 Å². The lowest BCUT2D eigenvalue weighted by molar-refractivity contribution is -0.157. The van der Waals surface area contributed by atoms with Crippen LogP contribution in [0.1, 0.15) is 21.6 Å². The van der Waals surface area contributed by atoms with E-state index in [9.17, 15) is 9.59 Å². The van der Waals surface area contributed by atoms with Gasteiger partial charge in [-0.3, -0.25) is 19.6 Å². The van der Waals surface area contributed by atoms with Gasteiger partial charge in [0, 0.05) is 49.4 Å². The molecule has 0 radical (unpaired) electrons. The first-order valence-electron chi connectivity index (χ1n) is 10.2. The quantitative estimate of drug-likeness (QED) is 0.666. The molecule has 1 fully saturated rings. The number of pyridine rings is 2. The van der Waals surface area contributed by atoms with Crippen LogP contribution in [-0.2, 0) is 22.5 Å². The molecule has 0 bridgehead atoms. The summed E-state index contributed by atoms with van der Waals surface area (Å²) in [6.07, 6.45) is 5.13. The fourth-order valence-corrected chi connectivity index (χ4v) is 3.69. The Bertz CT molecular complexity index is 1010. The van der Waals surface area contributed by atoms with Crippen LogP contribution in [0.3, 0.4) is 0 Å². The van der Waals surface area contributed by atoms with Crippen LogP contribution in [0.4, 0.5) is 0 Å². The second-order valence-corrected chi connectivity index (χ2v) is 7.47. The lowest BCUT2D eigenvalue weighted by Gasteiger charge is -2.41. The molecule has 1 aliphatic rings. The van der Waals surface area contributed by atoms with E-state index in [1.54, 1.807) is 35.6 Å². The molecule has 1 atom stereocenters. The average Bonchev–Trinajstić information content (AvgIpc) is 2.84. The van der Waals surface area contributed by atoms with Crippen molar-refractivity contribution in [2.24, 2.45) is 0 Å². The highest BCUT2D eigenvalue weighted by molar-refractivity contribution is 5.95. The fraction of sp³-hybridized carbons (Fsp3) is 0.250. The van der Waals surface area contributed by atoms with Crippen LogP contribution in [0, 0.1) is 0 Å². The van der Waals surface area contributed by atoms with E-state index in [1.807, 2.05) is 48.5 Å². The van der Waals surface area contributed by atoms with Gasteiger partial charge in [0.2, 0.25) is 0 Å². The van der Waals surface area contributed by atoms with Gasteiger partial charge in [0.15, 0.2) is 5.60 Å². The van der Waals surface area contributed by atoms with E-state index < -0.39 is 5.60 Å². The molecule has 158 valence electrons. The molecule has 3 heterocycles. The predicted octanol–water partition coefficient (Wildman–Crippen LogP) is 2.25. The van der Waals surface area contributed by atoms with Crippen LogP contribution in [0.15, 0.2) is 79.3 Å². The molecule has 7 heteroatoms. The number of hydrogen-bond donors (Lipinski definition) is 1. The summed E-state index contributed by atoms with van der Waals surface area (Å²) < 4.78 is 6.08. The molecule has 0 spiro atoms. The normalized spacial score (nSPS) is 18.4. The van der Waals surface area contributed by atoms with Gasteiger partial charge < -0.3 is 15.0 Å². The Kier molecular flexibility index (Phi) is 6.33. The summed E-state index contributed by atoms with van der Waals surface area (Å²) in [5.74, 6) is -0.402. The molecule has 4 rings (SSSR count). The third kappa shape index (κ3) is 4.95. The number of rotatable bonds is 6. The summed E-state index contributed by atoms with van der Waals surface area (Å²) in [5.41, 5.74) is 1.04. The van der Waals surface area contributed by atoms with Gasteiger partial charge in [-0.2, -0.15) is 0 Å². The molecule has 0 aliphatic carbocycles. The Balaban J connectivity index is 1.57. The van der Waals surface area contributed by atoms with Gasteiger partial charge in [0.25, 0.3) is 11.8 Å². The van der Waals surface area contributed by atoms with Crippen LogP contribution in [0.5, 0.6) is 0 Å². The van der Waals surface area contributed by atoms with Gasteiger partial charge in [0.1, 0.15) is 0 Å². The van der Waals surface area contributed by atoms with E-state index in [-0.39, 0.29) is 31.4 Å². The Morgan fingerprint density at radius 2 is 1.77 bits per heavy atom. The Morgan fingerprint density at radius 3 is 2.52 bits per heavy atom. The Morgan fingerprint density at radius 1 is 1.00 bits per heavy atom. The van der Waals surface area contributed by atoms with Crippen molar-refractivity contribution in [1.82, 2.24) is 20.2 Å². The van der Waals surface area contributed by atoms with Gasteiger partial charge in [-0.25, -0.2) is 0 Å². The number of morpholine rings is 1. The van der Waals surface area contributed by atoms with Crippen LogP contribution in [-0.4, -0.2) is 52.0 Å². The van der Waals surface area contributed by atoms with E-state index in [0.717, 1.165) is 11.3 Å². The topological polar surface area (TPSA) is 84.4 Å². The molecule has 2 aromatic heterocycles. The van der Waals surface area contributed by atoms with Gasteiger partial charge >= 0.3 is 0 Å². The average molecular weight is 416 g/mol. The first-order chi connectivity index (χ1) is 15.2. The van der Waals surface area contributed by atoms with Crippen molar-refractivity contribution in [2.45, 2.75) is 18.6 Å². The Labute approximate surface area is 181 Å². The van der Waals surface area contributed by atoms with Gasteiger partial charge in [-0.05, 0) is 29.8 Å². The second-order valence-electron chi connectivity index (χ2n) is 7.47. The third-order valence-corrected chi connectivity index (χ3v) is 5.30. The minimum Gasteiger partial charge on any atom is -0.361 e. The van der Waals surface area contributed by atoms with Crippen LogP contribution >= 0.6 is 0 Å². The van der Waals surface area contributed by atoms with E-state index in [2.05, 4.69) is 15.3 Å². The summed E-state index contributed by atoms with van der Waals surface area (Å²) in [4.78, 5) is 36.4. The van der Waals surface area contributed by atoms with E-state index in [1.165, 1.54) is 0 Å². The Hall–Kier alpha value is -3.58. The molecule has 0 saturated carbocycles. The number of amides is 2. The van der Waals surface area contributed by atoms with E-state index >= 15 is 0 Å². The maximum Gasteiger partial charge on any atom is 0.254 e. The molecule has 1 aromatic carbocycles. The van der Waals surface area contributed by atoms with E-state index in [0.29, 0.717) is 18.7 Å². The van der Waals surface area contributed by atoms with Crippen molar-refractivity contribution in [3.8, 4) is 0 Å². The monoisotopic (exact) mass is 416 g/mol. The van der Waals surface area contributed by atoms with Gasteiger partial charge in [-0.15, -0.1) is 0 Å². The molecule has 2 amide bonds. The zero-order valence-electron chi connectivity index (χ0n) is 17.1. The zero-order chi connectivity index (χ0) is 21.5. The molecule has 0 unspecified atom stereocenters. The van der Waals surface area contributed by atoms with Crippen molar-refractivity contribution >= 4 is 11.8 Å². The first-order valence-corrected chi connectivity index (χ1v) is 10.2. The summed E-state index contributed by atoms with van der Waals surface area (Å²) in [5, 5.41) is 2.99. The minimum atomic E-state index is -1.22. The smallest absolute Gasteiger partial charge is 0.254 e. The minimum absolute atomic E-state index is 0.144. The van der Waals surface area contributed by atoms with Crippen molar-refractivity contribution < 1.29 is 14.3 Å². The van der Waals surface area contributed by atoms with Crippen LogP contribution in [0.2, 0.25) is 0 Å². The highest BCUT2D eigenvalue weighted by atomic mass is 16.5. The van der Waals surface area contributed by atoms with Gasteiger partial charge in [0.05, 0.1) is 13.2 Å². The molecular formula is C24H24N4O3. The number of hydrogen-bond acceptors (Lipinski definition) is 5. The maximum absolute atomic E-state index is 13.4. The number of aromatic nitrogens is 2. The number of ether oxygens (including phenoxy) is 1. The van der Waals surface area contributed by atoms with Crippen molar-refractivity contribution in [3.05, 3.63) is 96.1 Å². The molecule has 3 aromatic rings. The SMILES string of the molecule is O=C(c1ccncc1)N1CCO[C@@](Cc2ccccn2)(C(=O)NCc2ccccc2)C1. The number of carbonyl (C=O) groups is 2. The van der Waals surface area contributed by atoms with Crippen molar-refractivity contribution in [1.29, 1.82) is 0 Å². The third-order valence-electron chi connectivity index (χ3n) is 5.30.